The molecule has 2 atom stereocenters. The summed E-state index contributed by atoms with van der Waals surface area (Å²) in [5.41, 5.74) is 1.42. The van der Waals surface area contributed by atoms with Crippen molar-refractivity contribution in [3.8, 4) is 0 Å². The molecule has 1 aliphatic heterocycles. The highest BCUT2D eigenvalue weighted by molar-refractivity contribution is 5.19. The Balaban J connectivity index is 1.76. The molecule has 1 saturated heterocycles. The largest absolute Gasteiger partial charge is 0.467 e. The summed E-state index contributed by atoms with van der Waals surface area (Å²) in [5, 5.41) is 3.49. The molecule has 1 N–H and O–H groups in total. The molecule has 0 aromatic carbocycles. The number of rotatable bonds is 3. The maximum atomic E-state index is 6.22. The van der Waals surface area contributed by atoms with E-state index in [1.165, 1.54) is 44.1 Å². The minimum absolute atomic E-state index is 0.163. The third-order valence-corrected chi connectivity index (χ3v) is 5.26. The molecule has 1 saturated carbocycles. The van der Waals surface area contributed by atoms with Crippen molar-refractivity contribution in [2.75, 3.05) is 13.7 Å². The topological polar surface area (TPSA) is 34.4 Å². The summed E-state index contributed by atoms with van der Waals surface area (Å²) < 4.78 is 12.0. The highest BCUT2D eigenvalue weighted by atomic mass is 16.5. The van der Waals surface area contributed by atoms with Crippen LogP contribution < -0.4 is 5.32 Å². The minimum Gasteiger partial charge on any atom is -0.467 e. The lowest BCUT2D eigenvalue weighted by molar-refractivity contribution is -0.122. The molecule has 0 radical (unpaired) electrons. The van der Waals surface area contributed by atoms with Crippen LogP contribution in [0.4, 0.5) is 0 Å². The number of hydrogen-bond donors (Lipinski definition) is 1. The zero-order chi connectivity index (χ0) is 14.0. The van der Waals surface area contributed by atoms with Crippen molar-refractivity contribution in [3.63, 3.8) is 0 Å². The van der Waals surface area contributed by atoms with Gasteiger partial charge in [0, 0.05) is 6.61 Å². The van der Waals surface area contributed by atoms with Crippen LogP contribution in [0.25, 0.3) is 0 Å². The Morgan fingerprint density at radius 3 is 2.75 bits per heavy atom. The number of aryl methyl sites for hydroxylation is 1. The summed E-state index contributed by atoms with van der Waals surface area (Å²) in [7, 11) is 2.05. The Labute approximate surface area is 122 Å². The summed E-state index contributed by atoms with van der Waals surface area (Å²) >= 11 is 0. The molecular formula is C17H27NO2. The summed E-state index contributed by atoms with van der Waals surface area (Å²) in [6.07, 6.45) is 10.7. The number of hydrogen-bond acceptors (Lipinski definition) is 3. The molecule has 3 heteroatoms. The molecule has 2 aliphatic rings. The molecule has 3 rings (SSSR count). The maximum Gasteiger partial charge on any atom is 0.123 e. The summed E-state index contributed by atoms with van der Waals surface area (Å²) in [5.74, 6) is 1.74. The van der Waals surface area contributed by atoms with Crippen LogP contribution in [0.15, 0.2) is 16.7 Å². The third kappa shape index (κ3) is 2.66. The van der Waals surface area contributed by atoms with Gasteiger partial charge >= 0.3 is 0 Å². The van der Waals surface area contributed by atoms with E-state index in [-0.39, 0.29) is 5.60 Å². The zero-order valence-electron chi connectivity index (χ0n) is 12.8. The second-order valence-corrected chi connectivity index (χ2v) is 6.58. The maximum absolute atomic E-state index is 6.22. The first kappa shape index (κ1) is 14.2. The predicted octanol–water partition coefficient (Wildman–Crippen LogP) is 3.98. The monoisotopic (exact) mass is 277 g/mol. The van der Waals surface area contributed by atoms with Gasteiger partial charge in [0.15, 0.2) is 0 Å². The summed E-state index contributed by atoms with van der Waals surface area (Å²) in [6, 6.07) is 2.39. The van der Waals surface area contributed by atoms with Crippen LogP contribution in [0, 0.1) is 12.8 Å². The molecule has 2 heterocycles. The fraction of sp³-hybridized carbons (Fsp3) is 0.765. The first-order chi connectivity index (χ1) is 9.74. The fourth-order valence-electron chi connectivity index (χ4n) is 4.18. The molecule has 0 bridgehead atoms. The Kier molecular flexibility index (Phi) is 4.18. The molecule has 1 aromatic heterocycles. The molecule has 1 aliphatic carbocycles. The highest BCUT2D eigenvalue weighted by Crippen LogP contribution is 2.44. The zero-order valence-corrected chi connectivity index (χ0v) is 12.8. The molecule has 0 amide bonds. The highest BCUT2D eigenvalue weighted by Gasteiger charge is 2.41. The Bertz CT molecular complexity index is 428. The first-order valence-electron chi connectivity index (χ1n) is 8.09. The lowest BCUT2D eigenvalue weighted by Crippen LogP contribution is -2.44. The van der Waals surface area contributed by atoms with Gasteiger partial charge < -0.3 is 14.5 Å². The predicted molar refractivity (Wildman–Crippen MR) is 79.7 cm³/mol. The quantitative estimate of drug-likeness (QED) is 0.907. The van der Waals surface area contributed by atoms with Crippen molar-refractivity contribution >= 4 is 0 Å². The van der Waals surface area contributed by atoms with E-state index >= 15 is 0 Å². The Morgan fingerprint density at radius 2 is 2.10 bits per heavy atom. The number of nitrogens with one attached hydrogen (secondary N) is 1. The molecule has 2 unspecified atom stereocenters. The summed E-state index contributed by atoms with van der Waals surface area (Å²) in [6.45, 7) is 3.04. The number of furan rings is 1. The van der Waals surface area contributed by atoms with E-state index in [0.717, 1.165) is 18.8 Å². The molecule has 20 heavy (non-hydrogen) atoms. The van der Waals surface area contributed by atoms with E-state index < -0.39 is 0 Å². The molecule has 1 aromatic rings. The minimum atomic E-state index is 0.163. The Hall–Kier alpha value is -0.800. The van der Waals surface area contributed by atoms with E-state index in [1.807, 2.05) is 6.26 Å². The van der Waals surface area contributed by atoms with Crippen molar-refractivity contribution in [2.45, 2.75) is 63.5 Å². The molecular weight excluding hydrogens is 250 g/mol. The van der Waals surface area contributed by atoms with Gasteiger partial charge in [-0.3, -0.25) is 0 Å². The van der Waals surface area contributed by atoms with E-state index in [0.29, 0.717) is 12.0 Å². The van der Waals surface area contributed by atoms with Gasteiger partial charge in [-0.2, -0.15) is 0 Å². The van der Waals surface area contributed by atoms with Crippen molar-refractivity contribution in [3.05, 3.63) is 23.7 Å². The molecule has 112 valence electrons. The molecule has 2 fully saturated rings. The smallest absolute Gasteiger partial charge is 0.123 e. The van der Waals surface area contributed by atoms with Crippen LogP contribution in [-0.4, -0.2) is 19.3 Å². The fourth-order valence-corrected chi connectivity index (χ4v) is 4.18. The number of ether oxygens (including phenoxy) is 1. The standard InChI is InChI=1S/C17H27NO2/c1-13-6-10-19-16(13)15(18-2)14-7-11-20-17(12-14)8-4-3-5-9-17/h6,10,14-15,18H,3-5,7-9,11-12H2,1-2H3. The van der Waals surface area contributed by atoms with Gasteiger partial charge in [-0.05, 0) is 57.2 Å². The molecule has 1 spiro atoms. The van der Waals surface area contributed by atoms with Crippen molar-refractivity contribution in [1.82, 2.24) is 5.32 Å². The van der Waals surface area contributed by atoms with E-state index in [9.17, 15) is 0 Å². The van der Waals surface area contributed by atoms with Crippen LogP contribution in [0.3, 0.4) is 0 Å². The normalized spacial score (nSPS) is 27.6. The average Bonchev–Trinajstić information content (AvgIpc) is 2.87. The molecule has 3 nitrogen and oxygen atoms in total. The SMILES string of the molecule is CNC(c1occc1C)C1CCOC2(CCCCC2)C1. The second kappa shape index (κ2) is 5.90. The van der Waals surface area contributed by atoms with E-state index in [4.69, 9.17) is 9.15 Å². The van der Waals surface area contributed by atoms with Gasteiger partial charge in [0.25, 0.3) is 0 Å². The van der Waals surface area contributed by atoms with Crippen molar-refractivity contribution in [2.24, 2.45) is 5.92 Å². The first-order valence-corrected chi connectivity index (χ1v) is 8.09. The summed E-state index contributed by atoms with van der Waals surface area (Å²) in [4.78, 5) is 0. The average molecular weight is 277 g/mol. The third-order valence-electron chi connectivity index (χ3n) is 5.26. The van der Waals surface area contributed by atoms with Gasteiger partial charge in [0.2, 0.25) is 0 Å². The van der Waals surface area contributed by atoms with Gasteiger partial charge in [-0.15, -0.1) is 0 Å². The Morgan fingerprint density at radius 1 is 1.30 bits per heavy atom. The van der Waals surface area contributed by atoms with Crippen LogP contribution in [0.5, 0.6) is 0 Å². The van der Waals surface area contributed by atoms with Crippen LogP contribution >= 0.6 is 0 Å². The van der Waals surface area contributed by atoms with Crippen LogP contribution in [0.2, 0.25) is 0 Å². The van der Waals surface area contributed by atoms with Crippen LogP contribution in [0.1, 0.15) is 62.3 Å². The van der Waals surface area contributed by atoms with Crippen LogP contribution in [-0.2, 0) is 4.74 Å². The lowest BCUT2D eigenvalue weighted by atomic mass is 9.73. The second-order valence-electron chi connectivity index (χ2n) is 6.58. The van der Waals surface area contributed by atoms with Crippen molar-refractivity contribution in [1.29, 1.82) is 0 Å². The van der Waals surface area contributed by atoms with E-state index in [1.54, 1.807) is 0 Å². The van der Waals surface area contributed by atoms with Gasteiger partial charge in [-0.1, -0.05) is 19.3 Å². The lowest BCUT2D eigenvalue weighted by Gasteiger charge is -2.45. The van der Waals surface area contributed by atoms with Gasteiger partial charge in [-0.25, -0.2) is 0 Å². The van der Waals surface area contributed by atoms with Gasteiger partial charge in [0.1, 0.15) is 5.76 Å². The van der Waals surface area contributed by atoms with Gasteiger partial charge in [0.05, 0.1) is 17.9 Å². The van der Waals surface area contributed by atoms with Crippen molar-refractivity contribution < 1.29 is 9.15 Å². The van der Waals surface area contributed by atoms with E-state index in [2.05, 4.69) is 25.4 Å².